The van der Waals surface area contributed by atoms with Crippen molar-refractivity contribution in [2.75, 3.05) is 6.61 Å². The summed E-state index contributed by atoms with van der Waals surface area (Å²) in [5, 5.41) is 2.98. The molecular formula is C31H40N2O3Si. The van der Waals surface area contributed by atoms with Crippen molar-refractivity contribution < 1.29 is 14.0 Å². The van der Waals surface area contributed by atoms with Crippen molar-refractivity contribution in [3.8, 4) is 0 Å². The normalized spacial score (nSPS) is 13.1. The van der Waals surface area contributed by atoms with Crippen LogP contribution < -0.4 is 11.1 Å². The lowest BCUT2D eigenvalue weighted by atomic mass is 9.67. The average molecular weight is 517 g/mol. The number of hydrogen-bond acceptors (Lipinski definition) is 3. The summed E-state index contributed by atoms with van der Waals surface area (Å²) in [5.41, 5.74) is 7.98. The quantitative estimate of drug-likeness (QED) is 0.250. The first-order valence-electron chi connectivity index (χ1n) is 12.9. The van der Waals surface area contributed by atoms with Gasteiger partial charge in [0.2, 0.25) is 11.8 Å². The molecule has 5 nitrogen and oxygen atoms in total. The van der Waals surface area contributed by atoms with E-state index in [1.54, 1.807) is 0 Å². The smallest absolute Gasteiger partial charge is 0.240 e. The van der Waals surface area contributed by atoms with Gasteiger partial charge in [0.25, 0.3) is 0 Å². The zero-order valence-electron chi connectivity index (χ0n) is 22.7. The molecule has 0 spiro atoms. The van der Waals surface area contributed by atoms with Crippen molar-refractivity contribution in [2.24, 2.45) is 5.73 Å². The average Bonchev–Trinajstić information content (AvgIpc) is 2.87. The van der Waals surface area contributed by atoms with E-state index >= 15 is 0 Å². The van der Waals surface area contributed by atoms with E-state index in [0.717, 1.165) is 16.7 Å². The van der Waals surface area contributed by atoms with Crippen LogP contribution in [0.1, 0.15) is 50.3 Å². The molecule has 0 bridgehead atoms. The van der Waals surface area contributed by atoms with E-state index in [9.17, 15) is 9.59 Å². The van der Waals surface area contributed by atoms with Crippen LogP contribution in [-0.2, 0) is 19.4 Å². The number of hydrogen-bond donors (Lipinski definition) is 2. The van der Waals surface area contributed by atoms with Crippen molar-refractivity contribution in [1.29, 1.82) is 0 Å². The Bertz CT molecular complexity index is 1060. The number of carbonyl (C=O) groups excluding carboxylic acids is 2. The predicted molar refractivity (Wildman–Crippen MR) is 153 cm³/mol. The molecule has 0 aliphatic heterocycles. The molecule has 0 heterocycles. The summed E-state index contributed by atoms with van der Waals surface area (Å²) in [4.78, 5) is 26.0. The van der Waals surface area contributed by atoms with Gasteiger partial charge in [-0.2, -0.15) is 0 Å². The molecule has 37 heavy (non-hydrogen) atoms. The minimum Gasteiger partial charge on any atom is -0.417 e. The van der Waals surface area contributed by atoms with Gasteiger partial charge in [-0.05, 0) is 41.2 Å². The number of carbonyl (C=O) groups is 2. The topological polar surface area (TPSA) is 81.4 Å². The highest BCUT2D eigenvalue weighted by Crippen LogP contribution is 2.42. The molecule has 196 valence electrons. The lowest BCUT2D eigenvalue weighted by molar-refractivity contribution is -0.128. The van der Waals surface area contributed by atoms with E-state index in [1.807, 2.05) is 91.0 Å². The maximum Gasteiger partial charge on any atom is 0.240 e. The Morgan fingerprint density at radius 1 is 0.811 bits per heavy atom. The standard InChI is InChI=1S/C31H40N2O3Si/c1-30(2,3)37(4,5)36-22-21-27(29(32)35)33-28(34)23-31(24-15-9-6-10-16-24,25-17-11-7-12-18-25)26-19-13-8-14-20-26/h6-20,27H,21-23H2,1-5H3,(H2,32,35)(H,33,34)/t27-/m1/s1. The van der Waals surface area contributed by atoms with Crippen LogP contribution in [0.4, 0.5) is 0 Å². The number of amides is 2. The molecule has 0 saturated carbocycles. The second-order valence-corrected chi connectivity index (χ2v) is 15.9. The Morgan fingerprint density at radius 3 is 1.57 bits per heavy atom. The first kappa shape index (κ1) is 28.3. The van der Waals surface area contributed by atoms with Crippen molar-refractivity contribution >= 4 is 20.1 Å². The van der Waals surface area contributed by atoms with E-state index in [0.29, 0.717) is 13.0 Å². The fourth-order valence-corrected chi connectivity index (χ4v) is 5.46. The number of rotatable bonds is 11. The molecule has 0 unspecified atom stereocenters. The Balaban J connectivity index is 1.91. The van der Waals surface area contributed by atoms with Crippen molar-refractivity contribution in [2.45, 2.75) is 63.2 Å². The molecular weight excluding hydrogens is 476 g/mol. The van der Waals surface area contributed by atoms with E-state index in [1.165, 1.54) is 0 Å². The van der Waals surface area contributed by atoms with Gasteiger partial charge in [0, 0.05) is 13.0 Å². The molecule has 0 aliphatic carbocycles. The highest BCUT2D eigenvalue weighted by Gasteiger charge is 2.40. The summed E-state index contributed by atoms with van der Waals surface area (Å²) in [7, 11) is -1.98. The lowest BCUT2D eigenvalue weighted by Crippen LogP contribution is -2.48. The predicted octanol–water partition coefficient (Wildman–Crippen LogP) is 5.79. The zero-order valence-corrected chi connectivity index (χ0v) is 23.7. The molecule has 0 radical (unpaired) electrons. The largest absolute Gasteiger partial charge is 0.417 e. The minimum atomic E-state index is -1.98. The SMILES string of the molecule is CC(C)(C)[Si](C)(C)OCC[C@@H](NC(=O)CC(c1ccccc1)(c1ccccc1)c1ccccc1)C(N)=O. The zero-order chi connectivity index (χ0) is 27.1. The number of benzene rings is 3. The fraction of sp³-hybridized carbons (Fsp3) is 0.355. The highest BCUT2D eigenvalue weighted by atomic mass is 28.4. The highest BCUT2D eigenvalue weighted by molar-refractivity contribution is 6.74. The van der Waals surface area contributed by atoms with Gasteiger partial charge >= 0.3 is 0 Å². The third-order valence-corrected chi connectivity index (χ3v) is 12.1. The summed E-state index contributed by atoms with van der Waals surface area (Å²) in [5.74, 6) is -0.801. The molecule has 3 N–H and O–H groups in total. The van der Waals surface area contributed by atoms with Crippen LogP contribution in [0.25, 0.3) is 0 Å². The molecule has 3 aromatic rings. The molecule has 1 atom stereocenters. The minimum absolute atomic E-state index is 0.0547. The Morgan fingerprint density at radius 2 is 1.22 bits per heavy atom. The van der Waals surface area contributed by atoms with Gasteiger partial charge in [-0.15, -0.1) is 0 Å². The summed E-state index contributed by atoms with van der Waals surface area (Å²) < 4.78 is 6.24. The second-order valence-electron chi connectivity index (χ2n) is 11.1. The van der Waals surface area contributed by atoms with E-state index in [-0.39, 0.29) is 17.4 Å². The molecule has 6 heteroatoms. The van der Waals surface area contributed by atoms with Gasteiger partial charge in [0.15, 0.2) is 8.32 Å². The van der Waals surface area contributed by atoms with Crippen LogP contribution in [0.15, 0.2) is 91.0 Å². The van der Waals surface area contributed by atoms with Crippen LogP contribution in [0.3, 0.4) is 0 Å². The van der Waals surface area contributed by atoms with Crippen molar-refractivity contribution in [3.05, 3.63) is 108 Å². The van der Waals surface area contributed by atoms with Crippen LogP contribution in [0, 0.1) is 0 Å². The Hall–Kier alpha value is -3.22. The van der Waals surface area contributed by atoms with Gasteiger partial charge in [-0.1, -0.05) is 112 Å². The van der Waals surface area contributed by atoms with Crippen LogP contribution >= 0.6 is 0 Å². The van der Waals surface area contributed by atoms with E-state index in [2.05, 4.69) is 39.2 Å². The molecule has 3 rings (SSSR count). The van der Waals surface area contributed by atoms with E-state index in [4.69, 9.17) is 10.2 Å². The molecule has 2 amide bonds. The fourth-order valence-electron chi connectivity index (χ4n) is 4.39. The monoisotopic (exact) mass is 516 g/mol. The maximum atomic E-state index is 13.7. The summed E-state index contributed by atoms with van der Waals surface area (Å²) in [6, 6.07) is 29.3. The van der Waals surface area contributed by atoms with Crippen LogP contribution in [-0.4, -0.2) is 32.8 Å². The number of nitrogens with one attached hydrogen (secondary N) is 1. The third-order valence-electron chi connectivity index (χ3n) is 7.58. The molecule has 0 aromatic heterocycles. The summed E-state index contributed by atoms with van der Waals surface area (Å²) in [6.07, 6.45) is 0.459. The first-order valence-corrected chi connectivity index (χ1v) is 15.8. The molecule has 3 aromatic carbocycles. The van der Waals surface area contributed by atoms with E-state index < -0.39 is 25.7 Å². The molecule has 0 aliphatic rings. The van der Waals surface area contributed by atoms with Gasteiger partial charge in [-0.3, -0.25) is 9.59 Å². The summed E-state index contributed by atoms with van der Waals surface area (Å²) >= 11 is 0. The lowest BCUT2D eigenvalue weighted by Gasteiger charge is -2.37. The van der Waals surface area contributed by atoms with Gasteiger partial charge in [-0.25, -0.2) is 0 Å². The van der Waals surface area contributed by atoms with Crippen molar-refractivity contribution in [3.63, 3.8) is 0 Å². The molecule has 0 saturated heterocycles. The summed E-state index contributed by atoms with van der Waals surface area (Å²) in [6.45, 7) is 11.2. The van der Waals surface area contributed by atoms with Gasteiger partial charge in [0.05, 0.1) is 5.41 Å². The van der Waals surface area contributed by atoms with Gasteiger partial charge in [0.1, 0.15) is 6.04 Å². The van der Waals surface area contributed by atoms with Gasteiger partial charge < -0.3 is 15.5 Å². The maximum absolute atomic E-state index is 13.7. The third kappa shape index (κ3) is 6.76. The Labute approximate surface area is 222 Å². The molecule has 0 fully saturated rings. The second kappa shape index (κ2) is 11.9. The van der Waals surface area contributed by atoms with Crippen LogP contribution in [0.2, 0.25) is 18.1 Å². The number of primary amides is 1. The van der Waals surface area contributed by atoms with Crippen LogP contribution in [0.5, 0.6) is 0 Å². The first-order chi connectivity index (χ1) is 17.5. The van der Waals surface area contributed by atoms with Crippen molar-refractivity contribution in [1.82, 2.24) is 5.32 Å². The Kier molecular flexibility index (Phi) is 9.10. The number of nitrogens with two attached hydrogens (primary N) is 1.